The molecule has 0 aromatic carbocycles. The lowest BCUT2D eigenvalue weighted by Crippen LogP contribution is -2.48. The highest BCUT2D eigenvalue weighted by atomic mass is 16.5. The van der Waals surface area contributed by atoms with Gasteiger partial charge in [0.05, 0.1) is 6.10 Å². The maximum atomic E-state index is 12.4. The molecule has 0 radical (unpaired) electrons. The Bertz CT molecular complexity index is 331. The quantitative estimate of drug-likeness (QED) is 0.819. The van der Waals surface area contributed by atoms with E-state index in [1.54, 1.807) is 0 Å². The highest BCUT2D eigenvalue weighted by molar-refractivity contribution is 5.79. The van der Waals surface area contributed by atoms with E-state index in [-0.39, 0.29) is 11.8 Å². The molecule has 0 aromatic rings. The minimum Gasteiger partial charge on any atom is -0.378 e. The van der Waals surface area contributed by atoms with Gasteiger partial charge in [-0.15, -0.1) is 0 Å². The van der Waals surface area contributed by atoms with E-state index >= 15 is 0 Å². The Kier molecular flexibility index (Phi) is 6.49. The van der Waals surface area contributed by atoms with Crippen LogP contribution >= 0.6 is 0 Å². The molecular weight excluding hydrogens is 264 g/mol. The van der Waals surface area contributed by atoms with Gasteiger partial charge in [0.1, 0.15) is 0 Å². The van der Waals surface area contributed by atoms with Gasteiger partial charge in [-0.05, 0) is 45.1 Å². The molecule has 2 aliphatic heterocycles. The molecule has 2 unspecified atom stereocenters. The van der Waals surface area contributed by atoms with Crippen LogP contribution in [0.25, 0.3) is 0 Å². The van der Waals surface area contributed by atoms with E-state index in [1.807, 2.05) is 0 Å². The molecule has 0 aliphatic carbocycles. The maximum Gasteiger partial charge on any atom is 0.223 e. The molecule has 2 saturated heterocycles. The summed E-state index contributed by atoms with van der Waals surface area (Å²) in [6, 6.07) is 0.767. The Morgan fingerprint density at radius 2 is 2.05 bits per heavy atom. The number of carbonyl (C=O) groups is 1. The first-order valence-corrected chi connectivity index (χ1v) is 8.79. The van der Waals surface area contributed by atoms with Gasteiger partial charge in [0, 0.05) is 24.6 Å². The molecule has 2 rings (SSSR count). The number of hydrogen-bond donors (Lipinski definition) is 2. The standard InChI is InChI=1S/C17H32N2O2/c1-4-13(5-2)16-11-15(7-9-21-16)19-17(20)14-6-8-18-12(3)10-14/h12-16,18H,4-11H2,1-3H3,(H,19,20)/t12-,14-,15?,16?/m0/s1. The van der Waals surface area contributed by atoms with E-state index in [0.717, 1.165) is 51.7 Å². The van der Waals surface area contributed by atoms with Crippen molar-refractivity contribution in [3.05, 3.63) is 0 Å². The van der Waals surface area contributed by atoms with Crippen molar-refractivity contribution in [2.45, 2.75) is 77.5 Å². The Labute approximate surface area is 129 Å². The summed E-state index contributed by atoms with van der Waals surface area (Å²) in [4.78, 5) is 12.4. The fourth-order valence-electron chi connectivity index (χ4n) is 3.79. The lowest BCUT2D eigenvalue weighted by atomic mass is 9.88. The smallest absolute Gasteiger partial charge is 0.223 e. The monoisotopic (exact) mass is 296 g/mol. The first-order valence-electron chi connectivity index (χ1n) is 8.79. The maximum absolute atomic E-state index is 12.4. The number of carbonyl (C=O) groups excluding carboxylic acids is 1. The van der Waals surface area contributed by atoms with Crippen LogP contribution in [0.2, 0.25) is 0 Å². The van der Waals surface area contributed by atoms with E-state index in [4.69, 9.17) is 4.74 Å². The summed E-state index contributed by atoms with van der Waals surface area (Å²) in [5, 5.41) is 6.70. The summed E-state index contributed by atoms with van der Waals surface area (Å²) in [7, 11) is 0. The third-order valence-electron chi connectivity index (χ3n) is 5.23. The van der Waals surface area contributed by atoms with Crippen molar-refractivity contribution in [3.8, 4) is 0 Å². The minimum atomic E-state index is 0.190. The van der Waals surface area contributed by atoms with Crippen LogP contribution in [-0.4, -0.2) is 37.2 Å². The van der Waals surface area contributed by atoms with Gasteiger partial charge in [-0.2, -0.15) is 0 Å². The number of ether oxygens (including phenoxy) is 1. The molecule has 122 valence electrons. The van der Waals surface area contributed by atoms with Crippen molar-refractivity contribution in [2.75, 3.05) is 13.2 Å². The second-order valence-electron chi connectivity index (χ2n) is 6.79. The van der Waals surface area contributed by atoms with Crippen molar-refractivity contribution >= 4 is 5.91 Å². The zero-order chi connectivity index (χ0) is 15.2. The van der Waals surface area contributed by atoms with Crippen LogP contribution in [-0.2, 0) is 9.53 Å². The lowest BCUT2D eigenvalue weighted by molar-refractivity contribution is -0.128. The second-order valence-corrected chi connectivity index (χ2v) is 6.79. The number of amides is 1. The first-order chi connectivity index (χ1) is 10.1. The summed E-state index contributed by atoms with van der Waals surface area (Å²) in [6.07, 6.45) is 6.52. The second kappa shape index (κ2) is 8.14. The van der Waals surface area contributed by atoms with Gasteiger partial charge >= 0.3 is 0 Å². The molecule has 2 N–H and O–H groups in total. The van der Waals surface area contributed by atoms with Crippen LogP contribution < -0.4 is 10.6 Å². The first kappa shape index (κ1) is 16.8. The largest absolute Gasteiger partial charge is 0.378 e. The van der Waals surface area contributed by atoms with Gasteiger partial charge in [-0.25, -0.2) is 0 Å². The normalized spacial score (nSPS) is 33.9. The number of rotatable bonds is 5. The van der Waals surface area contributed by atoms with Crippen LogP contribution in [0.3, 0.4) is 0 Å². The van der Waals surface area contributed by atoms with Crippen LogP contribution in [0.4, 0.5) is 0 Å². The summed E-state index contributed by atoms with van der Waals surface area (Å²) in [5.74, 6) is 1.08. The molecule has 0 aromatic heterocycles. The van der Waals surface area contributed by atoms with E-state index < -0.39 is 0 Å². The van der Waals surface area contributed by atoms with Gasteiger partial charge in [-0.3, -0.25) is 4.79 Å². The van der Waals surface area contributed by atoms with Crippen LogP contribution in [0.1, 0.15) is 59.3 Å². The molecule has 4 nitrogen and oxygen atoms in total. The van der Waals surface area contributed by atoms with Crippen molar-refractivity contribution in [3.63, 3.8) is 0 Å². The molecule has 4 heteroatoms. The van der Waals surface area contributed by atoms with E-state index in [9.17, 15) is 4.79 Å². The topological polar surface area (TPSA) is 50.4 Å². The number of nitrogens with one attached hydrogen (secondary N) is 2. The lowest BCUT2D eigenvalue weighted by Gasteiger charge is -2.35. The molecule has 0 saturated carbocycles. The van der Waals surface area contributed by atoms with Crippen molar-refractivity contribution in [1.82, 2.24) is 10.6 Å². The molecule has 2 aliphatic rings. The average Bonchev–Trinajstić information content (AvgIpc) is 2.49. The Morgan fingerprint density at radius 3 is 2.71 bits per heavy atom. The van der Waals surface area contributed by atoms with Crippen LogP contribution in [0.5, 0.6) is 0 Å². The predicted octanol–water partition coefficient (Wildman–Crippen LogP) is 2.47. The summed E-state index contributed by atoms with van der Waals surface area (Å²) >= 11 is 0. The summed E-state index contributed by atoms with van der Waals surface area (Å²) in [6.45, 7) is 8.38. The van der Waals surface area contributed by atoms with Gasteiger partial charge in [0.25, 0.3) is 0 Å². The van der Waals surface area contributed by atoms with E-state index in [2.05, 4.69) is 31.4 Å². The highest BCUT2D eigenvalue weighted by Gasteiger charge is 2.31. The summed E-state index contributed by atoms with van der Waals surface area (Å²) in [5.41, 5.74) is 0. The average molecular weight is 296 g/mol. The van der Waals surface area contributed by atoms with Crippen molar-refractivity contribution < 1.29 is 9.53 Å². The molecule has 2 fully saturated rings. The molecule has 21 heavy (non-hydrogen) atoms. The fourth-order valence-corrected chi connectivity index (χ4v) is 3.79. The molecule has 1 amide bonds. The molecule has 2 heterocycles. The minimum absolute atomic E-state index is 0.190. The van der Waals surface area contributed by atoms with Gasteiger partial charge < -0.3 is 15.4 Å². The zero-order valence-corrected chi connectivity index (χ0v) is 13.9. The summed E-state index contributed by atoms with van der Waals surface area (Å²) < 4.78 is 5.93. The molecule has 0 spiro atoms. The molecular formula is C17H32N2O2. The number of piperidine rings is 1. The fraction of sp³-hybridized carbons (Fsp3) is 0.941. The van der Waals surface area contributed by atoms with E-state index in [1.165, 1.54) is 0 Å². The van der Waals surface area contributed by atoms with Crippen molar-refractivity contribution in [1.29, 1.82) is 0 Å². The zero-order valence-electron chi connectivity index (χ0n) is 13.9. The third-order valence-corrected chi connectivity index (χ3v) is 5.23. The molecule has 0 bridgehead atoms. The Hall–Kier alpha value is -0.610. The van der Waals surface area contributed by atoms with Gasteiger partial charge in [-0.1, -0.05) is 26.7 Å². The van der Waals surface area contributed by atoms with Crippen LogP contribution in [0, 0.1) is 11.8 Å². The van der Waals surface area contributed by atoms with E-state index in [0.29, 0.717) is 24.1 Å². The van der Waals surface area contributed by atoms with Crippen molar-refractivity contribution in [2.24, 2.45) is 11.8 Å². The van der Waals surface area contributed by atoms with Crippen LogP contribution in [0.15, 0.2) is 0 Å². The predicted molar refractivity (Wildman–Crippen MR) is 85.2 cm³/mol. The SMILES string of the molecule is CCC(CC)C1CC(NC(=O)[C@H]2CCN[C@@H](C)C2)CCO1. The highest BCUT2D eigenvalue weighted by Crippen LogP contribution is 2.26. The Morgan fingerprint density at radius 1 is 1.29 bits per heavy atom. The van der Waals surface area contributed by atoms with Gasteiger partial charge in [0.15, 0.2) is 0 Å². The Balaban J connectivity index is 1.82. The third kappa shape index (κ3) is 4.68. The van der Waals surface area contributed by atoms with Gasteiger partial charge in [0.2, 0.25) is 5.91 Å². The number of hydrogen-bond acceptors (Lipinski definition) is 3. The molecule has 4 atom stereocenters.